The van der Waals surface area contributed by atoms with E-state index in [4.69, 9.17) is 9.72 Å². The van der Waals surface area contributed by atoms with Gasteiger partial charge in [0, 0.05) is 48.7 Å². The van der Waals surface area contributed by atoms with Gasteiger partial charge in [-0.2, -0.15) is 0 Å². The fourth-order valence-corrected chi connectivity index (χ4v) is 5.21. The van der Waals surface area contributed by atoms with Crippen LogP contribution in [0.25, 0.3) is 32.7 Å². The first kappa shape index (κ1) is 23.1. The molecular weight excluding hydrogens is 464 g/mol. The molecule has 0 bridgehead atoms. The molecule has 1 unspecified atom stereocenters. The van der Waals surface area contributed by atoms with Crippen LogP contribution < -0.4 is 5.32 Å². The number of carboxylic acid groups (broad SMARTS) is 1. The van der Waals surface area contributed by atoms with Crippen molar-refractivity contribution in [3.63, 3.8) is 0 Å². The molecule has 2 N–H and O–H groups in total. The number of anilines is 1. The minimum atomic E-state index is -0.931. The van der Waals surface area contributed by atoms with Crippen LogP contribution in [0, 0.1) is 11.8 Å². The third-order valence-corrected chi connectivity index (χ3v) is 7.15. The Kier molecular flexibility index (Phi) is 6.78. The fraction of sp³-hybridized carbons (Fsp3) is 0.269. The van der Waals surface area contributed by atoms with Crippen LogP contribution in [0.3, 0.4) is 0 Å². The topological polar surface area (TPSA) is 114 Å². The first-order valence-electron chi connectivity index (χ1n) is 11.4. The van der Waals surface area contributed by atoms with Crippen LogP contribution in [0.2, 0.25) is 0 Å². The van der Waals surface area contributed by atoms with Crippen LogP contribution in [-0.2, 0) is 14.3 Å². The highest BCUT2D eigenvalue weighted by molar-refractivity contribution is 7.13. The number of nitrogens with zero attached hydrogens (tertiary/aromatic N) is 3. The molecule has 1 aliphatic heterocycles. The minimum absolute atomic E-state index is 0.0452. The smallest absolute Gasteiger partial charge is 0.307 e. The van der Waals surface area contributed by atoms with Gasteiger partial charge < -0.3 is 15.2 Å². The van der Waals surface area contributed by atoms with E-state index in [1.165, 1.54) is 11.3 Å². The van der Waals surface area contributed by atoms with E-state index in [9.17, 15) is 14.7 Å². The standard InChI is InChI=1S/C26H24N4O4S/c31-24(13-21(26(32)33)17-5-9-34-10-6-17)29-20-4-3-16-1-2-18(11-19(16)12-20)25-30-23(15-35-25)22-14-27-7-8-28-22/h1-4,7-8,11-12,14-15,17,21H,5-6,9-10,13H2,(H,29,31)(H,32,33). The lowest BCUT2D eigenvalue weighted by atomic mass is 9.83. The van der Waals surface area contributed by atoms with E-state index >= 15 is 0 Å². The maximum Gasteiger partial charge on any atom is 0.307 e. The quantitative estimate of drug-likeness (QED) is 0.381. The van der Waals surface area contributed by atoms with E-state index in [-0.39, 0.29) is 18.2 Å². The van der Waals surface area contributed by atoms with Crippen LogP contribution in [-0.4, -0.2) is 45.1 Å². The number of rotatable bonds is 7. The van der Waals surface area contributed by atoms with Gasteiger partial charge in [-0.15, -0.1) is 11.3 Å². The number of carboxylic acids is 1. The van der Waals surface area contributed by atoms with Crippen molar-refractivity contribution >= 4 is 39.7 Å². The average molecular weight is 489 g/mol. The molecule has 5 rings (SSSR count). The number of amides is 1. The van der Waals surface area contributed by atoms with Crippen molar-refractivity contribution in [3.8, 4) is 22.0 Å². The van der Waals surface area contributed by atoms with Crippen LogP contribution in [0.15, 0.2) is 60.4 Å². The van der Waals surface area contributed by atoms with Gasteiger partial charge in [-0.25, -0.2) is 4.98 Å². The van der Waals surface area contributed by atoms with E-state index in [0.717, 1.165) is 32.7 Å². The number of fused-ring (bicyclic) bond motifs is 1. The lowest BCUT2D eigenvalue weighted by Gasteiger charge is -2.27. The van der Waals surface area contributed by atoms with Crippen molar-refractivity contribution in [1.82, 2.24) is 15.0 Å². The molecule has 1 atom stereocenters. The molecule has 3 heterocycles. The summed E-state index contributed by atoms with van der Waals surface area (Å²) in [5, 5.41) is 17.3. The maximum atomic E-state index is 12.7. The van der Waals surface area contributed by atoms with E-state index < -0.39 is 11.9 Å². The molecule has 178 valence electrons. The molecule has 2 aromatic carbocycles. The van der Waals surface area contributed by atoms with Crippen LogP contribution >= 0.6 is 11.3 Å². The second-order valence-corrected chi connectivity index (χ2v) is 9.41. The average Bonchev–Trinajstić information content (AvgIpc) is 3.38. The van der Waals surface area contributed by atoms with Crippen molar-refractivity contribution in [2.24, 2.45) is 11.8 Å². The van der Waals surface area contributed by atoms with E-state index in [1.54, 1.807) is 18.6 Å². The third kappa shape index (κ3) is 5.36. The van der Waals surface area contributed by atoms with E-state index in [1.807, 2.05) is 41.8 Å². The second kappa shape index (κ2) is 10.3. The van der Waals surface area contributed by atoms with Crippen LogP contribution in [0.5, 0.6) is 0 Å². The molecule has 8 nitrogen and oxygen atoms in total. The van der Waals surface area contributed by atoms with E-state index in [0.29, 0.717) is 31.7 Å². The number of nitrogens with one attached hydrogen (secondary N) is 1. The molecule has 1 saturated heterocycles. The zero-order valence-electron chi connectivity index (χ0n) is 18.9. The summed E-state index contributed by atoms with van der Waals surface area (Å²) >= 11 is 1.53. The van der Waals surface area contributed by atoms with Gasteiger partial charge in [0.2, 0.25) is 5.91 Å². The normalized spacial score (nSPS) is 15.1. The van der Waals surface area contributed by atoms with Crippen LogP contribution in [0.1, 0.15) is 19.3 Å². The predicted molar refractivity (Wildman–Crippen MR) is 134 cm³/mol. The Hall–Kier alpha value is -3.69. The predicted octanol–water partition coefficient (Wildman–Crippen LogP) is 4.88. The lowest BCUT2D eigenvalue weighted by molar-refractivity contribution is -0.147. The van der Waals surface area contributed by atoms with Gasteiger partial charge >= 0.3 is 5.97 Å². The first-order valence-corrected chi connectivity index (χ1v) is 12.3. The highest BCUT2D eigenvalue weighted by Crippen LogP contribution is 2.31. The number of aliphatic carboxylic acids is 1. The van der Waals surface area contributed by atoms with Crippen molar-refractivity contribution in [3.05, 3.63) is 60.4 Å². The summed E-state index contributed by atoms with van der Waals surface area (Å²) in [6.07, 6.45) is 6.23. The number of ether oxygens (including phenoxy) is 1. The maximum absolute atomic E-state index is 12.7. The Balaban J connectivity index is 1.32. The number of carbonyl (C=O) groups is 2. The summed E-state index contributed by atoms with van der Waals surface area (Å²) in [5.41, 5.74) is 3.10. The van der Waals surface area contributed by atoms with Crippen LogP contribution in [0.4, 0.5) is 5.69 Å². The number of benzene rings is 2. The number of thiazole rings is 1. The first-order chi connectivity index (χ1) is 17.1. The fourth-order valence-electron chi connectivity index (χ4n) is 4.40. The summed E-state index contributed by atoms with van der Waals surface area (Å²) in [7, 11) is 0. The van der Waals surface area contributed by atoms with E-state index in [2.05, 4.69) is 15.3 Å². The number of aromatic nitrogens is 3. The van der Waals surface area contributed by atoms with Crippen molar-refractivity contribution in [1.29, 1.82) is 0 Å². The summed E-state index contributed by atoms with van der Waals surface area (Å²) in [4.78, 5) is 37.6. The molecular formula is C26H24N4O4S. The number of hydrogen-bond acceptors (Lipinski definition) is 7. The third-order valence-electron chi connectivity index (χ3n) is 6.26. The SMILES string of the molecule is O=C(CC(C(=O)O)C1CCOCC1)Nc1ccc2ccc(-c3nc(-c4cnccn4)cs3)cc2c1. The molecule has 1 amide bonds. The highest BCUT2D eigenvalue weighted by Gasteiger charge is 2.31. The van der Waals surface area contributed by atoms with Gasteiger partial charge in [0.05, 0.1) is 12.1 Å². The van der Waals surface area contributed by atoms with Crippen molar-refractivity contribution in [2.75, 3.05) is 18.5 Å². The summed E-state index contributed by atoms with van der Waals surface area (Å²) in [6, 6.07) is 11.7. The molecule has 35 heavy (non-hydrogen) atoms. The largest absolute Gasteiger partial charge is 0.481 e. The Morgan fingerprint density at radius 2 is 1.91 bits per heavy atom. The number of carbonyl (C=O) groups excluding carboxylic acids is 1. The molecule has 9 heteroatoms. The number of hydrogen-bond donors (Lipinski definition) is 2. The Morgan fingerprint density at radius 3 is 2.69 bits per heavy atom. The van der Waals surface area contributed by atoms with Gasteiger partial charge in [-0.05, 0) is 47.7 Å². The molecule has 0 aliphatic carbocycles. The summed E-state index contributed by atoms with van der Waals surface area (Å²) < 4.78 is 5.33. The molecule has 0 spiro atoms. The highest BCUT2D eigenvalue weighted by atomic mass is 32.1. The van der Waals surface area contributed by atoms with Gasteiger partial charge in [-0.1, -0.05) is 18.2 Å². The lowest BCUT2D eigenvalue weighted by Crippen LogP contribution is -2.32. The molecule has 2 aromatic heterocycles. The molecule has 1 fully saturated rings. The minimum Gasteiger partial charge on any atom is -0.481 e. The zero-order valence-corrected chi connectivity index (χ0v) is 19.7. The monoisotopic (exact) mass is 488 g/mol. The summed E-state index contributed by atoms with van der Waals surface area (Å²) in [5.74, 6) is -1.98. The molecule has 0 saturated carbocycles. The van der Waals surface area contributed by atoms with Gasteiger partial charge in [0.25, 0.3) is 0 Å². The molecule has 1 aliphatic rings. The molecule has 0 radical (unpaired) electrons. The Bertz CT molecular complexity index is 1350. The van der Waals surface area contributed by atoms with Crippen molar-refractivity contribution in [2.45, 2.75) is 19.3 Å². The second-order valence-electron chi connectivity index (χ2n) is 8.55. The van der Waals surface area contributed by atoms with Gasteiger partial charge in [0.1, 0.15) is 16.4 Å². The van der Waals surface area contributed by atoms with Gasteiger partial charge in [0.15, 0.2) is 0 Å². The molecule has 4 aromatic rings. The zero-order chi connectivity index (χ0) is 24.2. The Morgan fingerprint density at radius 1 is 1.09 bits per heavy atom. The Labute approximate surface area is 206 Å². The summed E-state index contributed by atoms with van der Waals surface area (Å²) in [6.45, 7) is 1.09. The van der Waals surface area contributed by atoms with Crippen molar-refractivity contribution < 1.29 is 19.4 Å². The van der Waals surface area contributed by atoms with Gasteiger partial charge in [-0.3, -0.25) is 19.6 Å².